The van der Waals surface area contributed by atoms with Crippen molar-refractivity contribution < 1.29 is 9.31 Å². The Morgan fingerprint density at radius 3 is 2.62 bits per heavy atom. The van der Waals surface area contributed by atoms with Crippen molar-refractivity contribution in [3.8, 4) is 6.07 Å². The molecule has 1 aromatic rings. The molecule has 0 bridgehead atoms. The van der Waals surface area contributed by atoms with E-state index in [0.717, 1.165) is 31.4 Å². The van der Waals surface area contributed by atoms with E-state index in [9.17, 15) is 5.26 Å². The summed E-state index contributed by atoms with van der Waals surface area (Å²) in [5.74, 6) is 0.631. The number of anilines is 1. The molecule has 1 aromatic heterocycles. The normalized spacial score (nSPS) is 25.3. The van der Waals surface area contributed by atoms with Gasteiger partial charge in [0, 0.05) is 24.2 Å². The molecule has 3 rings (SSSR count). The molecule has 3 heterocycles. The maximum atomic E-state index is 9.49. The van der Waals surface area contributed by atoms with Crippen LogP contribution in [0.25, 0.3) is 0 Å². The zero-order valence-corrected chi connectivity index (χ0v) is 14.8. The Hall–Kier alpha value is -1.62. The molecule has 24 heavy (non-hydrogen) atoms. The van der Waals surface area contributed by atoms with Crippen molar-refractivity contribution in [1.29, 1.82) is 5.26 Å². The number of rotatable bonds is 3. The maximum Gasteiger partial charge on any atom is 0.496 e. The van der Waals surface area contributed by atoms with Gasteiger partial charge in [-0.3, -0.25) is 0 Å². The summed E-state index contributed by atoms with van der Waals surface area (Å²) in [5.41, 5.74) is 0.481. The number of nitriles is 1. The van der Waals surface area contributed by atoms with Gasteiger partial charge in [0.25, 0.3) is 0 Å². The molecule has 0 aromatic carbocycles. The second-order valence-corrected chi connectivity index (χ2v) is 7.55. The monoisotopic (exact) mass is 328 g/mol. The molecule has 2 saturated heterocycles. The van der Waals surface area contributed by atoms with Crippen LogP contribution in [0, 0.1) is 11.3 Å². The molecule has 1 atom stereocenters. The van der Waals surface area contributed by atoms with Gasteiger partial charge in [-0.1, -0.05) is 0 Å². The molecule has 2 aliphatic heterocycles. The Morgan fingerprint density at radius 2 is 2.04 bits per heavy atom. The second kappa shape index (κ2) is 6.36. The van der Waals surface area contributed by atoms with Crippen molar-refractivity contribution in [2.75, 3.05) is 18.4 Å². The fourth-order valence-corrected chi connectivity index (χ4v) is 2.96. The summed E-state index contributed by atoms with van der Waals surface area (Å²) in [6.07, 6.45) is 3.95. The number of nitrogens with zero attached hydrogens (tertiary/aromatic N) is 2. The van der Waals surface area contributed by atoms with E-state index in [0.29, 0.717) is 17.4 Å². The predicted molar refractivity (Wildman–Crippen MR) is 94.2 cm³/mol. The number of piperidine rings is 1. The number of nitrogens with one attached hydrogen (secondary N) is 2. The van der Waals surface area contributed by atoms with E-state index in [1.807, 2.05) is 33.8 Å². The minimum atomic E-state index is -0.500. The van der Waals surface area contributed by atoms with Crippen LogP contribution in [-0.4, -0.2) is 42.4 Å². The Kier molecular flexibility index (Phi) is 4.56. The molecular formula is C17H25BN4O2. The molecule has 0 saturated carbocycles. The van der Waals surface area contributed by atoms with Gasteiger partial charge in [-0.25, -0.2) is 4.98 Å². The van der Waals surface area contributed by atoms with Gasteiger partial charge in [0.1, 0.15) is 11.9 Å². The highest BCUT2D eigenvalue weighted by Crippen LogP contribution is 2.36. The largest absolute Gasteiger partial charge is 0.496 e. The van der Waals surface area contributed by atoms with Crippen molar-refractivity contribution in [3.63, 3.8) is 0 Å². The third kappa shape index (κ3) is 3.27. The Morgan fingerprint density at radius 1 is 1.33 bits per heavy atom. The molecular weight excluding hydrogens is 303 g/mol. The van der Waals surface area contributed by atoms with E-state index >= 15 is 0 Å². The highest BCUT2D eigenvalue weighted by molar-refractivity contribution is 6.62. The smallest absolute Gasteiger partial charge is 0.399 e. The third-order valence-electron chi connectivity index (χ3n) is 5.19. The third-order valence-corrected chi connectivity index (χ3v) is 5.19. The van der Waals surface area contributed by atoms with Gasteiger partial charge in [0.2, 0.25) is 0 Å². The van der Waals surface area contributed by atoms with Crippen LogP contribution in [0.4, 0.5) is 5.82 Å². The first kappa shape index (κ1) is 17.2. The van der Waals surface area contributed by atoms with Crippen molar-refractivity contribution in [2.45, 2.75) is 57.8 Å². The van der Waals surface area contributed by atoms with Gasteiger partial charge in [-0.05, 0) is 53.1 Å². The molecule has 0 radical (unpaired) electrons. The van der Waals surface area contributed by atoms with Crippen LogP contribution in [-0.2, 0) is 9.31 Å². The fourth-order valence-electron chi connectivity index (χ4n) is 2.96. The fraction of sp³-hybridized carbons (Fsp3) is 0.647. The van der Waals surface area contributed by atoms with Crippen LogP contribution in [0.15, 0.2) is 12.3 Å². The maximum absolute atomic E-state index is 9.49. The van der Waals surface area contributed by atoms with Crippen LogP contribution in [0.5, 0.6) is 0 Å². The molecule has 128 valence electrons. The zero-order chi connectivity index (χ0) is 17.4. The lowest BCUT2D eigenvalue weighted by molar-refractivity contribution is 0.00578. The lowest BCUT2D eigenvalue weighted by atomic mass is 9.79. The Balaban J connectivity index is 1.78. The molecule has 0 aliphatic carbocycles. The average Bonchev–Trinajstić information content (AvgIpc) is 2.77. The second-order valence-electron chi connectivity index (χ2n) is 7.55. The SMILES string of the molecule is CC1(C)OB(c2cnc(N[C@H]3CCCNC3)c(C#N)c2)OC1(C)C. The van der Waals surface area contributed by atoms with Crippen molar-refractivity contribution in [2.24, 2.45) is 0 Å². The summed E-state index contributed by atoms with van der Waals surface area (Å²) in [6, 6.07) is 4.35. The summed E-state index contributed by atoms with van der Waals surface area (Å²) in [7, 11) is -0.500. The van der Waals surface area contributed by atoms with Gasteiger partial charge in [-0.2, -0.15) is 5.26 Å². The number of aromatic nitrogens is 1. The molecule has 6 nitrogen and oxygen atoms in total. The first-order chi connectivity index (χ1) is 11.3. The molecule has 2 aliphatic rings. The van der Waals surface area contributed by atoms with Crippen LogP contribution in [0.1, 0.15) is 46.1 Å². The summed E-state index contributed by atoms with van der Waals surface area (Å²) in [6.45, 7) is 9.99. The molecule has 0 spiro atoms. The van der Waals surface area contributed by atoms with E-state index in [1.165, 1.54) is 0 Å². The quantitative estimate of drug-likeness (QED) is 0.817. The minimum Gasteiger partial charge on any atom is -0.399 e. The number of hydrogen-bond donors (Lipinski definition) is 2. The van der Waals surface area contributed by atoms with E-state index in [4.69, 9.17) is 9.31 Å². The first-order valence-corrected chi connectivity index (χ1v) is 8.55. The summed E-state index contributed by atoms with van der Waals surface area (Å²) >= 11 is 0. The lowest BCUT2D eigenvalue weighted by Gasteiger charge is -2.32. The van der Waals surface area contributed by atoms with E-state index < -0.39 is 18.3 Å². The van der Waals surface area contributed by atoms with Gasteiger partial charge < -0.3 is 19.9 Å². The van der Waals surface area contributed by atoms with Gasteiger partial charge in [0.15, 0.2) is 0 Å². The topological polar surface area (TPSA) is 79.2 Å². The highest BCUT2D eigenvalue weighted by atomic mass is 16.7. The van der Waals surface area contributed by atoms with Crippen molar-refractivity contribution in [3.05, 3.63) is 17.8 Å². The van der Waals surface area contributed by atoms with E-state index in [2.05, 4.69) is 21.7 Å². The van der Waals surface area contributed by atoms with Crippen LogP contribution in [0.3, 0.4) is 0 Å². The zero-order valence-electron chi connectivity index (χ0n) is 14.8. The Bertz CT molecular complexity index is 634. The molecule has 7 heteroatoms. The van der Waals surface area contributed by atoms with E-state index in [-0.39, 0.29) is 0 Å². The number of pyridine rings is 1. The average molecular weight is 328 g/mol. The summed E-state index contributed by atoms with van der Waals surface area (Å²) in [5, 5.41) is 16.2. The van der Waals surface area contributed by atoms with Gasteiger partial charge in [-0.15, -0.1) is 0 Å². The summed E-state index contributed by atoms with van der Waals surface area (Å²) < 4.78 is 12.1. The van der Waals surface area contributed by atoms with Crippen LogP contribution < -0.4 is 16.1 Å². The van der Waals surface area contributed by atoms with Crippen molar-refractivity contribution >= 4 is 18.4 Å². The van der Waals surface area contributed by atoms with Crippen molar-refractivity contribution in [1.82, 2.24) is 10.3 Å². The Labute approximate surface area is 144 Å². The molecule has 2 fully saturated rings. The highest BCUT2D eigenvalue weighted by Gasteiger charge is 2.51. The molecule has 0 unspecified atom stereocenters. The number of hydrogen-bond acceptors (Lipinski definition) is 6. The lowest BCUT2D eigenvalue weighted by Crippen LogP contribution is -2.41. The van der Waals surface area contributed by atoms with Gasteiger partial charge >= 0.3 is 7.12 Å². The van der Waals surface area contributed by atoms with E-state index in [1.54, 1.807) is 6.20 Å². The minimum absolute atomic E-state index is 0.307. The van der Waals surface area contributed by atoms with Crippen LogP contribution in [0.2, 0.25) is 0 Å². The molecule has 2 N–H and O–H groups in total. The first-order valence-electron chi connectivity index (χ1n) is 8.55. The van der Waals surface area contributed by atoms with Gasteiger partial charge in [0.05, 0.1) is 16.8 Å². The predicted octanol–water partition coefficient (Wildman–Crippen LogP) is 1.42. The molecule has 0 amide bonds. The standard InChI is InChI=1S/C17H25BN4O2/c1-16(2)17(3,4)24-18(23-16)13-8-12(9-19)15(21-10-13)22-14-6-5-7-20-11-14/h8,10,14,20H,5-7,11H2,1-4H3,(H,21,22)/t14-/m0/s1. The van der Waals surface area contributed by atoms with Crippen LogP contribution >= 0.6 is 0 Å². The summed E-state index contributed by atoms with van der Waals surface area (Å²) in [4.78, 5) is 4.46.